The summed E-state index contributed by atoms with van der Waals surface area (Å²) in [6.07, 6.45) is 1.68. The molecule has 0 bridgehead atoms. The summed E-state index contributed by atoms with van der Waals surface area (Å²) in [5.41, 5.74) is 1.56. The van der Waals surface area contributed by atoms with Crippen LogP contribution in [0.4, 0.5) is 0 Å². The Morgan fingerprint density at radius 1 is 1.29 bits per heavy atom. The summed E-state index contributed by atoms with van der Waals surface area (Å²) in [6.45, 7) is 2.31. The van der Waals surface area contributed by atoms with E-state index in [0.717, 1.165) is 5.56 Å². The molecule has 8 heteroatoms. The van der Waals surface area contributed by atoms with Gasteiger partial charge in [-0.3, -0.25) is 9.20 Å². The summed E-state index contributed by atoms with van der Waals surface area (Å²) >= 11 is 13.4. The average molecular weight is 381 g/mol. The highest BCUT2D eigenvalue weighted by atomic mass is 35.5. The fourth-order valence-corrected chi connectivity index (χ4v) is 3.48. The Balaban J connectivity index is 1.68. The molecule has 1 atom stereocenters. The predicted octanol–water partition coefficient (Wildman–Crippen LogP) is 3.83. The molecule has 3 rings (SSSR count). The fourth-order valence-electron chi connectivity index (χ4n) is 2.12. The quantitative estimate of drug-likeness (QED) is 0.683. The van der Waals surface area contributed by atoms with Gasteiger partial charge in [0.1, 0.15) is 0 Å². The van der Waals surface area contributed by atoms with Gasteiger partial charge >= 0.3 is 0 Å². The summed E-state index contributed by atoms with van der Waals surface area (Å²) < 4.78 is 1.69. The van der Waals surface area contributed by atoms with Crippen molar-refractivity contribution < 1.29 is 4.79 Å². The van der Waals surface area contributed by atoms with Gasteiger partial charge in [-0.25, -0.2) is 0 Å². The zero-order valence-electron chi connectivity index (χ0n) is 12.7. The van der Waals surface area contributed by atoms with E-state index in [0.29, 0.717) is 27.4 Å². The molecule has 3 aromatic rings. The molecule has 1 aromatic carbocycles. The average Bonchev–Trinajstić information content (AvgIpc) is 2.96. The molecule has 0 spiro atoms. The molecule has 0 saturated carbocycles. The molecule has 0 aliphatic carbocycles. The van der Waals surface area contributed by atoms with Crippen LogP contribution in [0.5, 0.6) is 0 Å². The second kappa shape index (κ2) is 7.42. The third-order valence-electron chi connectivity index (χ3n) is 3.36. The molecule has 5 nitrogen and oxygen atoms in total. The van der Waals surface area contributed by atoms with Gasteiger partial charge in [0.15, 0.2) is 10.8 Å². The van der Waals surface area contributed by atoms with Crippen LogP contribution in [0.25, 0.3) is 5.65 Å². The van der Waals surface area contributed by atoms with Crippen molar-refractivity contribution in [3.05, 3.63) is 58.2 Å². The fraction of sp³-hybridized carbons (Fsp3) is 0.188. The van der Waals surface area contributed by atoms with Crippen LogP contribution in [-0.4, -0.2) is 25.8 Å². The minimum Gasteiger partial charge on any atom is -0.351 e. The largest absolute Gasteiger partial charge is 0.351 e. The first kappa shape index (κ1) is 17.1. The molecule has 0 radical (unpaired) electrons. The lowest BCUT2D eigenvalue weighted by Crippen LogP contribution is -2.30. The van der Waals surface area contributed by atoms with Crippen LogP contribution < -0.4 is 5.32 Å². The van der Waals surface area contributed by atoms with Crippen molar-refractivity contribution in [2.75, 3.05) is 0 Å². The smallest absolute Gasteiger partial charge is 0.233 e. The molecule has 0 aliphatic heterocycles. The third-order valence-corrected chi connectivity index (χ3v) is 4.90. The van der Waals surface area contributed by atoms with Gasteiger partial charge in [0, 0.05) is 12.7 Å². The maximum absolute atomic E-state index is 12.3. The SMILES string of the molecule is C[C@H](Sc1nnc2c(Cl)cc(Cl)cn12)C(=O)NCc1ccccc1. The number of fused-ring (bicyclic) bond motifs is 1. The summed E-state index contributed by atoms with van der Waals surface area (Å²) in [7, 11) is 0. The molecule has 0 aliphatic rings. The normalized spacial score (nSPS) is 12.3. The van der Waals surface area contributed by atoms with Gasteiger partial charge in [0.2, 0.25) is 5.91 Å². The van der Waals surface area contributed by atoms with Crippen LogP contribution in [0.15, 0.2) is 47.8 Å². The van der Waals surface area contributed by atoms with E-state index in [9.17, 15) is 4.79 Å². The van der Waals surface area contributed by atoms with Crippen molar-refractivity contribution in [1.82, 2.24) is 19.9 Å². The van der Waals surface area contributed by atoms with Crippen LogP contribution in [0, 0.1) is 0 Å². The Kier molecular flexibility index (Phi) is 5.28. The van der Waals surface area contributed by atoms with Crippen LogP contribution in [0.3, 0.4) is 0 Å². The van der Waals surface area contributed by atoms with Gasteiger partial charge in [-0.05, 0) is 18.6 Å². The Labute approximate surface area is 153 Å². The second-order valence-electron chi connectivity index (χ2n) is 5.15. The first-order valence-corrected chi connectivity index (χ1v) is 8.86. The van der Waals surface area contributed by atoms with Gasteiger partial charge in [0.05, 0.1) is 15.3 Å². The van der Waals surface area contributed by atoms with E-state index in [2.05, 4.69) is 15.5 Å². The van der Waals surface area contributed by atoms with E-state index in [-0.39, 0.29) is 11.2 Å². The number of halogens is 2. The number of thioether (sulfide) groups is 1. The molecule has 0 unspecified atom stereocenters. The summed E-state index contributed by atoms with van der Waals surface area (Å²) in [5, 5.41) is 12.2. The summed E-state index contributed by atoms with van der Waals surface area (Å²) in [4.78, 5) is 12.3. The first-order chi connectivity index (χ1) is 11.5. The van der Waals surface area contributed by atoms with Crippen LogP contribution in [0.2, 0.25) is 10.0 Å². The highest BCUT2D eigenvalue weighted by molar-refractivity contribution is 8.00. The first-order valence-electron chi connectivity index (χ1n) is 7.22. The number of pyridine rings is 1. The molecule has 0 fully saturated rings. The molecule has 1 amide bonds. The number of carbonyl (C=O) groups excluding carboxylic acids is 1. The van der Waals surface area contributed by atoms with Gasteiger partial charge in [0.25, 0.3) is 0 Å². The maximum Gasteiger partial charge on any atom is 0.233 e. The zero-order chi connectivity index (χ0) is 17.1. The van der Waals surface area contributed by atoms with Crippen molar-refractivity contribution in [3.63, 3.8) is 0 Å². The second-order valence-corrected chi connectivity index (χ2v) is 7.30. The van der Waals surface area contributed by atoms with Gasteiger partial charge in [-0.1, -0.05) is 65.3 Å². The Morgan fingerprint density at radius 3 is 2.79 bits per heavy atom. The minimum atomic E-state index is -0.334. The maximum atomic E-state index is 12.3. The molecular weight excluding hydrogens is 367 g/mol. The van der Waals surface area contributed by atoms with Crippen molar-refractivity contribution in [2.24, 2.45) is 0 Å². The Morgan fingerprint density at radius 2 is 2.04 bits per heavy atom. The lowest BCUT2D eigenvalue weighted by atomic mass is 10.2. The molecular formula is C16H14Cl2N4OS. The number of aromatic nitrogens is 3. The standard InChI is InChI=1S/C16H14Cl2N4OS/c1-10(15(23)19-8-11-5-3-2-4-6-11)24-16-21-20-14-13(18)7-12(17)9-22(14)16/h2-7,9-10H,8H2,1H3,(H,19,23)/t10-/m0/s1. The molecule has 2 heterocycles. The number of rotatable bonds is 5. The molecule has 24 heavy (non-hydrogen) atoms. The van der Waals surface area contributed by atoms with Gasteiger partial charge in [-0.2, -0.15) is 0 Å². The molecule has 124 valence electrons. The van der Waals surface area contributed by atoms with Crippen molar-refractivity contribution in [2.45, 2.75) is 23.9 Å². The van der Waals surface area contributed by atoms with Crippen LogP contribution >= 0.6 is 35.0 Å². The van der Waals surface area contributed by atoms with E-state index in [1.807, 2.05) is 37.3 Å². The van der Waals surface area contributed by atoms with Gasteiger partial charge in [-0.15, -0.1) is 10.2 Å². The predicted molar refractivity (Wildman–Crippen MR) is 96.6 cm³/mol. The van der Waals surface area contributed by atoms with E-state index < -0.39 is 0 Å². The zero-order valence-corrected chi connectivity index (χ0v) is 15.1. The lowest BCUT2D eigenvalue weighted by molar-refractivity contribution is -0.120. The number of hydrogen-bond donors (Lipinski definition) is 1. The highest BCUT2D eigenvalue weighted by Gasteiger charge is 2.18. The van der Waals surface area contributed by atoms with Crippen LogP contribution in [-0.2, 0) is 11.3 Å². The highest BCUT2D eigenvalue weighted by Crippen LogP contribution is 2.27. The van der Waals surface area contributed by atoms with Crippen LogP contribution in [0.1, 0.15) is 12.5 Å². The van der Waals surface area contributed by atoms with Gasteiger partial charge < -0.3 is 5.32 Å². The minimum absolute atomic E-state index is 0.0753. The number of nitrogens with one attached hydrogen (secondary N) is 1. The van der Waals surface area contributed by atoms with E-state index >= 15 is 0 Å². The van der Waals surface area contributed by atoms with Crippen molar-refractivity contribution in [3.8, 4) is 0 Å². The number of carbonyl (C=O) groups is 1. The summed E-state index contributed by atoms with van der Waals surface area (Å²) in [6, 6.07) is 11.4. The molecule has 1 N–H and O–H groups in total. The van der Waals surface area contributed by atoms with E-state index in [1.165, 1.54) is 11.8 Å². The third kappa shape index (κ3) is 3.83. The number of hydrogen-bond acceptors (Lipinski definition) is 4. The molecule has 2 aromatic heterocycles. The lowest BCUT2D eigenvalue weighted by Gasteiger charge is -2.11. The number of nitrogens with zero attached hydrogens (tertiary/aromatic N) is 3. The van der Waals surface area contributed by atoms with Crippen molar-refractivity contribution >= 4 is 46.5 Å². The monoisotopic (exact) mass is 380 g/mol. The van der Waals surface area contributed by atoms with E-state index in [1.54, 1.807) is 16.7 Å². The van der Waals surface area contributed by atoms with Crippen molar-refractivity contribution in [1.29, 1.82) is 0 Å². The Hall–Kier alpha value is -1.76. The number of amides is 1. The van der Waals surface area contributed by atoms with E-state index in [4.69, 9.17) is 23.2 Å². The topological polar surface area (TPSA) is 59.3 Å². The Bertz CT molecular complexity index is 869. The molecule has 0 saturated heterocycles. The summed E-state index contributed by atoms with van der Waals surface area (Å²) in [5.74, 6) is -0.0753. The number of benzene rings is 1.